The second-order valence-corrected chi connectivity index (χ2v) is 7.81. The van der Waals surface area contributed by atoms with E-state index in [0.717, 1.165) is 11.7 Å². The highest BCUT2D eigenvalue weighted by atomic mass is 32.2. The van der Waals surface area contributed by atoms with Crippen LogP contribution in [-0.4, -0.2) is 37.5 Å². The minimum atomic E-state index is 0.159. The van der Waals surface area contributed by atoms with Crippen LogP contribution in [0.4, 0.5) is 0 Å². The summed E-state index contributed by atoms with van der Waals surface area (Å²) in [6.45, 7) is 9.75. The summed E-state index contributed by atoms with van der Waals surface area (Å²) in [4.78, 5) is 0. The highest BCUT2D eigenvalue weighted by Crippen LogP contribution is 2.32. The van der Waals surface area contributed by atoms with Crippen LogP contribution in [0.15, 0.2) is 5.16 Å². The van der Waals surface area contributed by atoms with Crippen molar-refractivity contribution in [3.8, 4) is 0 Å². The van der Waals surface area contributed by atoms with Crippen molar-refractivity contribution < 1.29 is 0 Å². The van der Waals surface area contributed by atoms with Crippen LogP contribution in [0.2, 0.25) is 0 Å². The Morgan fingerprint density at radius 2 is 2.05 bits per heavy atom. The van der Waals surface area contributed by atoms with E-state index in [1.54, 1.807) is 11.8 Å². The van der Waals surface area contributed by atoms with Crippen LogP contribution in [0.25, 0.3) is 0 Å². The van der Waals surface area contributed by atoms with Gasteiger partial charge in [-0.3, -0.25) is 0 Å². The highest BCUT2D eigenvalue weighted by molar-refractivity contribution is 7.99. The van der Waals surface area contributed by atoms with Crippen LogP contribution in [0.3, 0.4) is 0 Å². The molecule has 108 valence electrons. The number of nitrogens with zero attached hydrogens (tertiary/aromatic N) is 4. The number of thioether (sulfide) groups is 1. The van der Waals surface area contributed by atoms with Crippen molar-refractivity contribution in [1.82, 2.24) is 25.5 Å². The van der Waals surface area contributed by atoms with E-state index in [4.69, 9.17) is 0 Å². The van der Waals surface area contributed by atoms with Gasteiger partial charge in [0.25, 0.3) is 0 Å². The van der Waals surface area contributed by atoms with E-state index in [-0.39, 0.29) is 5.54 Å². The van der Waals surface area contributed by atoms with Crippen molar-refractivity contribution in [2.45, 2.75) is 75.4 Å². The molecule has 0 bridgehead atoms. The fourth-order valence-electron chi connectivity index (χ4n) is 2.31. The second-order valence-electron chi connectivity index (χ2n) is 6.40. The molecule has 1 aliphatic rings. The summed E-state index contributed by atoms with van der Waals surface area (Å²) < 4.78 is 2.03. The van der Waals surface area contributed by atoms with Crippen LogP contribution in [0, 0.1) is 0 Å². The summed E-state index contributed by atoms with van der Waals surface area (Å²) in [5, 5.41) is 17.2. The van der Waals surface area contributed by atoms with Gasteiger partial charge in [0.1, 0.15) is 0 Å². The van der Waals surface area contributed by atoms with Gasteiger partial charge in [0.15, 0.2) is 0 Å². The first kappa shape index (κ1) is 14.8. The zero-order valence-electron chi connectivity index (χ0n) is 12.4. The molecule has 1 N–H and O–H groups in total. The van der Waals surface area contributed by atoms with Crippen LogP contribution in [-0.2, 0) is 0 Å². The second kappa shape index (κ2) is 6.22. The largest absolute Gasteiger partial charge is 0.311 e. The van der Waals surface area contributed by atoms with Gasteiger partial charge in [-0.15, -0.1) is 5.10 Å². The van der Waals surface area contributed by atoms with Gasteiger partial charge in [-0.25, -0.2) is 4.68 Å². The van der Waals surface area contributed by atoms with Gasteiger partial charge in [-0.2, -0.15) is 0 Å². The molecule has 2 rings (SSSR count). The lowest BCUT2D eigenvalue weighted by Gasteiger charge is -2.23. The van der Waals surface area contributed by atoms with Crippen LogP contribution in [0.1, 0.15) is 59.4 Å². The molecule has 1 unspecified atom stereocenters. The smallest absolute Gasteiger partial charge is 0.209 e. The first-order chi connectivity index (χ1) is 8.96. The Balaban J connectivity index is 1.90. The third-order valence-corrected chi connectivity index (χ3v) is 4.41. The predicted octanol–water partition coefficient (Wildman–Crippen LogP) is 2.66. The van der Waals surface area contributed by atoms with E-state index < -0.39 is 0 Å². The van der Waals surface area contributed by atoms with Gasteiger partial charge in [-0.05, 0) is 44.0 Å². The molecule has 19 heavy (non-hydrogen) atoms. The fraction of sp³-hybridized carbons (Fsp3) is 0.923. The minimum absolute atomic E-state index is 0.159. The molecule has 0 aromatic carbocycles. The van der Waals surface area contributed by atoms with Crippen molar-refractivity contribution in [2.75, 3.05) is 6.54 Å². The first-order valence-corrected chi connectivity index (χ1v) is 8.03. The Kier molecular flexibility index (Phi) is 4.84. The van der Waals surface area contributed by atoms with Crippen molar-refractivity contribution in [3.63, 3.8) is 0 Å². The quantitative estimate of drug-likeness (QED) is 0.842. The molecule has 0 aliphatic heterocycles. The van der Waals surface area contributed by atoms with E-state index in [2.05, 4.69) is 48.5 Å². The van der Waals surface area contributed by atoms with Gasteiger partial charge in [0.05, 0.1) is 6.04 Å². The number of hydrogen-bond donors (Lipinski definition) is 1. The third kappa shape index (κ3) is 4.45. The molecule has 0 amide bonds. The summed E-state index contributed by atoms with van der Waals surface area (Å²) >= 11 is 1.77. The van der Waals surface area contributed by atoms with E-state index in [1.165, 1.54) is 25.7 Å². The lowest BCUT2D eigenvalue weighted by atomic mass is 10.1. The standard InChI is InChI=1S/C13H25N5S/c1-10(9-14-13(2,3)4)19-12-15-16-17-18(12)11-7-5-6-8-11/h10-11,14H,5-9H2,1-4H3. The molecule has 5 nitrogen and oxygen atoms in total. The van der Waals surface area contributed by atoms with Gasteiger partial charge in [-0.1, -0.05) is 31.5 Å². The van der Waals surface area contributed by atoms with Crippen LogP contribution < -0.4 is 5.32 Å². The Bertz CT molecular complexity index is 392. The number of hydrogen-bond acceptors (Lipinski definition) is 5. The monoisotopic (exact) mass is 283 g/mol. The maximum absolute atomic E-state index is 4.18. The zero-order chi connectivity index (χ0) is 13.9. The molecule has 1 atom stereocenters. The zero-order valence-corrected chi connectivity index (χ0v) is 13.2. The maximum atomic E-state index is 4.18. The molecule has 1 fully saturated rings. The number of aromatic nitrogens is 4. The van der Waals surface area contributed by atoms with Gasteiger partial charge >= 0.3 is 0 Å². The maximum Gasteiger partial charge on any atom is 0.209 e. The Hall–Kier alpha value is -0.620. The molecule has 1 aliphatic carbocycles. The third-order valence-electron chi connectivity index (χ3n) is 3.36. The van der Waals surface area contributed by atoms with Gasteiger partial charge in [0.2, 0.25) is 5.16 Å². The number of rotatable bonds is 5. The molecule has 6 heteroatoms. The summed E-state index contributed by atoms with van der Waals surface area (Å²) in [6, 6.07) is 0.514. The lowest BCUT2D eigenvalue weighted by Crippen LogP contribution is -2.39. The SMILES string of the molecule is CC(CNC(C)(C)C)Sc1nnnn1C1CCCC1. The van der Waals surface area contributed by atoms with Crippen molar-refractivity contribution in [1.29, 1.82) is 0 Å². The summed E-state index contributed by atoms with van der Waals surface area (Å²) in [5.41, 5.74) is 0.159. The molecule has 0 spiro atoms. The van der Waals surface area contributed by atoms with Gasteiger partial charge < -0.3 is 5.32 Å². The van der Waals surface area contributed by atoms with Crippen molar-refractivity contribution >= 4 is 11.8 Å². The Morgan fingerprint density at radius 1 is 1.37 bits per heavy atom. The minimum Gasteiger partial charge on any atom is -0.311 e. The summed E-state index contributed by atoms with van der Waals surface area (Å²) in [6.07, 6.45) is 5.03. The van der Waals surface area contributed by atoms with E-state index in [1.807, 2.05) is 4.68 Å². The highest BCUT2D eigenvalue weighted by Gasteiger charge is 2.23. The van der Waals surface area contributed by atoms with E-state index in [9.17, 15) is 0 Å². The van der Waals surface area contributed by atoms with Crippen molar-refractivity contribution in [2.24, 2.45) is 0 Å². The lowest BCUT2D eigenvalue weighted by molar-refractivity contribution is 0.419. The van der Waals surface area contributed by atoms with E-state index in [0.29, 0.717) is 11.3 Å². The molecule has 1 aromatic heterocycles. The van der Waals surface area contributed by atoms with Crippen molar-refractivity contribution in [3.05, 3.63) is 0 Å². The molecular formula is C13H25N5S. The summed E-state index contributed by atoms with van der Waals surface area (Å²) in [7, 11) is 0. The Labute approximate surface area is 119 Å². The fourth-order valence-corrected chi connectivity index (χ4v) is 3.22. The molecule has 0 radical (unpaired) electrons. The van der Waals surface area contributed by atoms with Gasteiger partial charge in [0, 0.05) is 17.3 Å². The Morgan fingerprint density at radius 3 is 2.68 bits per heavy atom. The van der Waals surface area contributed by atoms with Crippen LogP contribution in [0.5, 0.6) is 0 Å². The summed E-state index contributed by atoms with van der Waals surface area (Å²) in [5.74, 6) is 0. The molecule has 0 saturated heterocycles. The molecule has 1 saturated carbocycles. The predicted molar refractivity (Wildman–Crippen MR) is 78.4 cm³/mol. The molecule has 1 aromatic rings. The van der Waals surface area contributed by atoms with E-state index >= 15 is 0 Å². The average molecular weight is 283 g/mol. The first-order valence-electron chi connectivity index (χ1n) is 7.15. The number of tetrazole rings is 1. The normalized spacial score (nSPS) is 18.9. The van der Waals surface area contributed by atoms with Crippen LogP contribution >= 0.6 is 11.8 Å². The topological polar surface area (TPSA) is 55.6 Å². The molecular weight excluding hydrogens is 258 g/mol. The molecule has 1 heterocycles. The number of nitrogens with one attached hydrogen (secondary N) is 1. The average Bonchev–Trinajstić information content (AvgIpc) is 2.94.